The predicted molar refractivity (Wildman–Crippen MR) is 107 cm³/mol. The molecule has 0 fully saturated rings. The fourth-order valence-electron chi connectivity index (χ4n) is 2.15. The Labute approximate surface area is 150 Å². The topological polar surface area (TPSA) is 42.0 Å². The number of hydrogen-bond acceptors (Lipinski definition) is 2. The first-order valence-corrected chi connectivity index (χ1v) is 8.70. The number of amides is 1. The molecule has 0 aliphatic carbocycles. The van der Waals surface area contributed by atoms with Crippen LogP contribution in [0.3, 0.4) is 0 Å². The molecule has 3 nitrogen and oxygen atoms in total. The minimum absolute atomic E-state index is 0.161. The largest absolute Gasteiger partial charge is 0.321 e. The van der Waals surface area contributed by atoms with Crippen molar-refractivity contribution in [1.82, 2.24) is 4.98 Å². The third-order valence-corrected chi connectivity index (χ3v) is 3.18. The molecule has 25 heavy (non-hydrogen) atoms. The van der Waals surface area contributed by atoms with Gasteiger partial charge in [0, 0.05) is 23.6 Å². The van der Waals surface area contributed by atoms with Gasteiger partial charge in [-0.05, 0) is 23.8 Å². The van der Waals surface area contributed by atoms with E-state index in [1.807, 2.05) is 82.3 Å². The van der Waals surface area contributed by atoms with Crippen LogP contribution in [0.5, 0.6) is 0 Å². The summed E-state index contributed by atoms with van der Waals surface area (Å²) in [4.78, 5) is 16.2. The molecule has 1 amide bonds. The summed E-state index contributed by atoms with van der Waals surface area (Å²) >= 11 is 0. The van der Waals surface area contributed by atoms with E-state index in [2.05, 4.69) is 10.3 Å². The highest BCUT2D eigenvalue weighted by Gasteiger charge is 2.09. The number of para-hydroxylation sites is 1. The van der Waals surface area contributed by atoms with Crippen molar-refractivity contribution in [2.45, 2.75) is 27.7 Å². The number of aromatic nitrogens is 1. The van der Waals surface area contributed by atoms with Crippen LogP contribution in [0.25, 0.3) is 11.1 Å². The van der Waals surface area contributed by atoms with Crippen LogP contribution in [0.15, 0.2) is 79.1 Å². The molecule has 0 bridgehead atoms. The van der Waals surface area contributed by atoms with Crippen LogP contribution >= 0.6 is 0 Å². The molecule has 130 valence electrons. The van der Waals surface area contributed by atoms with Gasteiger partial charge in [-0.15, -0.1) is 0 Å². The number of anilines is 1. The quantitative estimate of drug-likeness (QED) is 0.633. The number of hydrogen-bond donors (Lipinski definition) is 1. The van der Waals surface area contributed by atoms with Crippen LogP contribution in [0.1, 0.15) is 38.1 Å². The number of pyridine rings is 1. The van der Waals surface area contributed by atoms with Gasteiger partial charge in [-0.3, -0.25) is 9.78 Å². The molecule has 3 heteroatoms. The van der Waals surface area contributed by atoms with Crippen molar-refractivity contribution in [1.29, 1.82) is 0 Å². The zero-order valence-electron chi connectivity index (χ0n) is 15.4. The Bertz CT molecular complexity index is 740. The van der Waals surface area contributed by atoms with Gasteiger partial charge in [0.05, 0.1) is 5.56 Å². The van der Waals surface area contributed by atoms with E-state index >= 15 is 0 Å². The number of carbonyl (C=O) groups excluding carboxylic acids is 1. The lowest BCUT2D eigenvalue weighted by Gasteiger charge is -2.11. The summed E-state index contributed by atoms with van der Waals surface area (Å²) in [5, 5.41) is 2.95. The Morgan fingerprint density at radius 1 is 0.800 bits per heavy atom. The molecule has 3 aromatic rings. The Balaban J connectivity index is 0.000000730. The van der Waals surface area contributed by atoms with E-state index in [0.717, 1.165) is 16.8 Å². The molecular formula is C22H26N2O. The maximum Gasteiger partial charge on any atom is 0.257 e. The highest BCUT2D eigenvalue weighted by atomic mass is 16.1. The first-order valence-electron chi connectivity index (χ1n) is 8.70. The molecule has 0 saturated heterocycles. The van der Waals surface area contributed by atoms with Gasteiger partial charge in [0.25, 0.3) is 5.91 Å². The fraction of sp³-hybridized carbons (Fsp3) is 0.182. The van der Waals surface area contributed by atoms with E-state index in [1.54, 1.807) is 24.5 Å². The minimum atomic E-state index is -0.161. The normalized spacial score (nSPS) is 8.96. The van der Waals surface area contributed by atoms with E-state index in [1.165, 1.54) is 0 Å². The smallest absolute Gasteiger partial charge is 0.257 e. The lowest BCUT2D eigenvalue weighted by molar-refractivity contribution is 0.102. The van der Waals surface area contributed by atoms with Gasteiger partial charge >= 0.3 is 0 Å². The van der Waals surface area contributed by atoms with Gasteiger partial charge in [0.2, 0.25) is 0 Å². The lowest BCUT2D eigenvalue weighted by atomic mass is 10.0. The fourth-order valence-corrected chi connectivity index (χ4v) is 2.15. The van der Waals surface area contributed by atoms with E-state index in [4.69, 9.17) is 0 Å². The maximum atomic E-state index is 12.2. The highest BCUT2D eigenvalue weighted by Crippen LogP contribution is 2.27. The number of carbonyl (C=O) groups is 1. The predicted octanol–water partition coefficient (Wildman–Crippen LogP) is 6.05. The molecule has 0 spiro atoms. The van der Waals surface area contributed by atoms with Gasteiger partial charge in [-0.25, -0.2) is 0 Å². The number of nitrogens with zero attached hydrogens (tertiary/aromatic N) is 1. The van der Waals surface area contributed by atoms with Crippen LogP contribution < -0.4 is 5.32 Å². The van der Waals surface area contributed by atoms with Crippen molar-refractivity contribution in [3.63, 3.8) is 0 Å². The second-order valence-corrected chi connectivity index (χ2v) is 4.61. The molecule has 0 unspecified atom stereocenters. The summed E-state index contributed by atoms with van der Waals surface area (Å²) in [5.74, 6) is -0.161. The summed E-state index contributed by atoms with van der Waals surface area (Å²) in [7, 11) is 0. The lowest BCUT2D eigenvalue weighted by Crippen LogP contribution is -2.12. The van der Waals surface area contributed by atoms with E-state index in [0.29, 0.717) is 5.56 Å². The second-order valence-electron chi connectivity index (χ2n) is 4.61. The van der Waals surface area contributed by atoms with Crippen LogP contribution in [-0.4, -0.2) is 10.9 Å². The Morgan fingerprint density at radius 3 is 2.08 bits per heavy atom. The van der Waals surface area contributed by atoms with Crippen molar-refractivity contribution < 1.29 is 4.79 Å². The molecule has 0 aliphatic rings. The third kappa shape index (κ3) is 5.88. The minimum Gasteiger partial charge on any atom is -0.321 e. The third-order valence-electron chi connectivity index (χ3n) is 3.18. The van der Waals surface area contributed by atoms with Crippen molar-refractivity contribution in [2.24, 2.45) is 0 Å². The van der Waals surface area contributed by atoms with E-state index in [-0.39, 0.29) is 5.91 Å². The summed E-state index contributed by atoms with van der Waals surface area (Å²) in [6.45, 7) is 8.00. The van der Waals surface area contributed by atoms with E-state index in [9.17, 15) is 4.79 Å². The van der Waals surface area contributed by atoms with Crippen LogP contribution in [0.4, 0.5) is 5.69 Å². The van der Waals surface area contributed by atoms with Gasteiger partial charge < -0.3 is 5.32 Å². The zero-order valence-corrected chi connectivity index (χ0v) is 15.4. The molecule has 1 aromatic heterocycles. The summed E-state index contributed by atoms with van der Waals surface area (Å²) in [6, 6.07) is 21.2. The van der Waals surface area contributed by atoms with Gasteiger partial charge in [0.15, 0.2) is 0 Å². The first-order chi connectivity index (χ1) is 12.3. The second kappa shape index (κ2) is 11.6. The van der Waals surface area contributed by atoms with Gasteiger partial charge in [0.1, 0.15) is 0 Å². The van der Waals surface area contributed by atoms with Crippen LogP contribution in [-0.2, 0) is 0 Å². The molecule has 2 aromatic carbocycles. The van der Waals surface area contributed by atoms with Crippen molar-refractivity contribution in [2.75, 3.05) is 5.32 Å². The Morgan fingerprint density at radius 2 is 1.44 bits per heavy atom. The van der Waals surface area contributed by atoms with Crippen molar-refractivity contribution >= 4 is 11.6 Å². The van der Waals surface area contributed by atoms with Crippen molar-refractivity contribution in [3.8, 4) is 11.1 Å². The number of benzene rings is 2. The summed E-state index contributed by atoms with van der Waals surface area (Å²) < 4.78 is 0. The van der Waals surface area contributed by atoms with E-state index < -0.39 is 0 Å². The summed E-state index contributed by atoms with van der Waals surface area (Å²) in [5.41, 5.74) is 3.40. The first kappa shape index (κ1) is 20.1. The molecule has 1 N–H and O–H groups in total. The standard InChI is InChI=1S/C18H14N2O.2C2H6/c21-18(15-9-6-12-19-13-15)20-17-11-5-4-10-16(17)14-7-2-1-3-8-14;2*1-2/h1-13H,(H,20,21);2*1-2H3. The Hall–Kier alpha value is -2.94. The van der Waals surface area contributed by atoms with Crippen LogP contribution in [0.2, 0.25) is 0 Å². The highest BCUT2D eigenvalue weighted by molar-refractivity contribution is 6.06. The number of rotatable bonds is 3. The maximum absolute atomic E-state index is 12.2. The Kier molecular flexibility index (Phi) is 9.31. The summed E-state index contributed by atoms with van der Waals surface area (Å²) in [6.07, 6.45) is 3.20. The molecule has 0 atom stereocenters. The average molecular weight is 334 g/mol. The molecule has 1 heterocycles. The molecule has 0 aliphatic heterocycles. The van der Waals surface area contributed by atoms with Crippen LogP contribution in [0, 0.1) is 0 Å². The average Bonchev–Trinajstić information content (AvgIpc) is 2.73. The SMILES string of the molecule is CC.CC.O=C(Nc1ccccc1-c1ccccc1)c1cccnc1. The molecule has 3 rings (SSSR count). The molecular weight excluding hydrogens is 308 g/mol. The molecule has 0 radical (unpaired) electrons. The van der Waals surface area contributed by atoms with Crippen molar-refractivity contribution in [3.05, 3.63) is 84.7 Å². The zero-order chi connectivity index (χ0) is 18.5. The van der Waals surface area contributed by atoms with Gasteiger partial charge in [-0.2, -0.15) is 0 Å². The van der Waals surface area contributed by atoms with Gasteiger partial charge in [-0.1, -0.05) is 76.2 Å². The monoisotopic (exact) mass is 334 g/mol. The number of nitrogens with one attached hydrogen (secondary N) is 1. The molecule has 0 saturated carbocycles.